The van der Waals surface area contributed by atoms with Crippen LogP contribution in [0.3, 0.4) is 0 Å². The van der Waals surface area contributed by atoms with Crippen molar-refractivity contribution in [2.75, 3.05) is 0 Å². The molecule has 0 unspecified atom stereocenters. The number of carbonyl (C=O) groups is 1. The van der Waals surface area contributed by atoms with Crippen LogP contribution in [0.1, 0.15) is 23.7 Å². The van der Waals surface area contributed by atoms with Gasteiger partial charge < -0.3 is 10.5 Å². The smallest absolute Gasteiger partial charge is 0.416 e. The summed E-state index contributed by atoms with van der Waals surface area (Å²) in [6.07, 6.45) is -4.36. The predicted molar refractivity (Wildman–Crippen MR) is 79.5 cm³/mol. The molecule has 0 saturated heterocycles. The third-order valence-electron chi connectivity index (χ3n) is 3.43. The first-order chi connectivity index (χ1) is 11.6. The summed E-state index contributed by atoms with van der Waals surface area (Å²) in [5, 5.41) is 14.9. The first kappa shape index (κ1) is 18.2. The van der Waals surface area contributed by atoms with Gasteiger partial charge in [-0.1, -0.05) is 6.92 Å². The van der Waals surface area contributed by atoms with Crippen molar-refractivity contribution < 1.29 is 27.6 Å². The lowest BCUT2D eigenvalue weighted by molar-refractivity contribution is -0.385. The fraction of sp³-hybridized carbons (Fsp3) is 0.286. The second-order valence-corrected chi connectivity index (χ2v) is 5.02. The number of hydrogen-bond acceptors (Lipinski definition) is 5. The highest BCUT2D eigenvalue weighted by molar-refractivity contribution is 5.75. The molecule has 11 heteroatoms. The molecule has 1 heterocycles. The summed E-state index contributed by atoms with van der Waals surface area (Å²) in [4.78, 5) is 21.4. The largest absolute Gasteiger partial charge is 0.430 e. The Morgan fingerprint density at radius 3 is 2.52 bits per heavy atom. The van der Waals surface area contributed by atoms with E-state index in [1.165, 1.54) is 0 Å². The molecule has 0 aliphatic rings. The number of carbonyl (C=O) groups excluding carboxylic acids is 1. The average molecular weight is 358 g/mol. The number of benzene rings is 1. The zero-order valence-corrected chi connectivity index (χ0v) is 13.1. The van der Waals surface area contributed by atoms with Gasteiger partial charge in [0.25, 0.3) is 0 Å². The molecule has 0 radical (unpaired) electrons. The quantitative estimate of drug-likeness (QED) is 0.665. The number of halogens is 3. The van der Waals surface area contributed by atoms with E-state index < -0.39 is 34.1 Å². The van der Waals surface area contributed by atoms with E-state index in [4.69, 9.17) is 10.5 Å². The van der Waals surface area contributed by atoms with Crippen molar-refractivity contribution in [1.82, 2.24) is 9.78 Å². The topological polar surface area (TPSA) is 113 Å². The third-order valence-corrected chi connectivity index (χ3v) is 3.43. The van der Waals surface area contributed by atoms with Gasteiger partial charge in [0.1, 0.15) is 0 Å². The summed E-state index contributed by atoms with van der Waals surface area (Å²) in [7, 11) is 0. The number of rotatable bonds is 4. The van der Waals surface area contributed by atoms with Crippen LogP contribution in [0.4, 0.5) is 23.7 Å². The summed E-state index contributed by atoms with van der Waals surface area (Å²) in [5.74, 6) is -0.587. The number of amides is 1. The Morgan fingerprint density at radius 2 is 2.08 bits per heavy atom. The first-order valence-electron chi connectivity index (χ1n) is 6.98. The Morgan fingerprint density at radius 1 is 1.44 bits per heavy atom. The van der Waals surface area contributed by atoms with Crippen molar-refractivity contribution in [3.05, 3.63) is 45.1 Å². The van der Waals surface area contributed by atoms with Crippen LogP contribution in [0.2, 0.25) is 0 Å². The third kappa shape index (κ3) is 3.54. The maximum atomic E-state index is 12.7. The summed E-state index contributed by atoms with van der Waals surface area (Å²) in [5.41, 5.74) is 3.96. The number of nitrogens with two attached hydrogens (primary N) is 1. The van der Waals surface area contributed by atoms with Gasteiger partial charge in [-0.05, 0) is 25.5 Å². The summed E-state index contributed by atoms with van der Waals surface area (Å²) < 4.78 is 44.3. The van der Waals surface area contributed by atoms with Crippen molar-refractivity contribution in [3.8, 4) is 11.6 Å². The number of alkyl halides is 3. The SMILES string of the molecule is CCc1c(C)c(Oc2ccc(C(F)(F)F)cc2[N+](=O)[O-])nn1C(N)=O. The Hall–Kier alpha value is -3.11. The molecule has 1 aromatic carbocycles. The molecule has 0 bridgehead atoms. The van der Waals surface area contributed by atoms with Crippen molar-refractivity contribution in [1.29, 1.82) is 0 Å². The molecule has 2 N–H and O–H groups in total. The van der Waals surface area contributed by atoms with E-state index >= 15 is 0 Å². The van der Waals surface area contributed by atoms with Gasteiger partial charge in [-0.15, -0.1) is 5.10 Å². The molecule has 0 fully saturated rings. The van der Waals surface area contributed by atoms with E-state index in [0.29, 0.717) is 29.8 Å². The zero-order chi connectivity index (χ0) is 18.9. The summed E-state index contributed by atoms with van der Waals surface area (Å²) in [6, 6.07) is 0.978. The van der Waals surface area contributed by atoms with E-state index in [1.807, 2.05) is 0 Å². The van der Waals surface area contributed by atoms with Crippen LogP contribution in [0, 0.1) is 17.0 Å². The van der Waals surface area contributed by atoms with Gasteiger partial charge in [-0.3, -0.25) is 10.1 Å². The standard InChI is InChI=1S/C14H13F3N4O4/c1-3-9-7(2)12(19-20(9)13(18)22)25-11-5-4-8(14(15,16)17)6-10(11)21(23)24/h4-6H,3H2,1-2H3,(H2,18,22). The molecule has 0 atom stereocenters. The van der Waals surface area contributed by atoms with Crippen molar-refractivity contribution in [2.24, 2.45) is 5.73 Å². The van der Waals surface area contributed by atoms with Crippen LogP contribution in [-0.2, 0) is 12.6 Å². The van der Waals surface area contributed by atoms with Crippen LogP contribution in [0.15, 0.2) is 18.2 Å². The summed E-state index contributed by atoms with van der Waals surface area (Å²) in [6.45, 7) is 3.28. The fourth-order valence-electron chi connectivity index (χ4n) is 2.23. The number of aromatic nitrogens is 2. The van der Waals surface area contributed by atoms with Crippen LogP contribution in [0.5, 0.6) is 11.6 Å². The fourth-order valence-corrected chi connectivity index (χ4v) is 2.23. The lowest BCUT2D eigenvalue weighted by Crippen LogP contribution is -2.22. The number of nitro benzene ring substituents is 1. The highest BCUT2D eigenvalue weighted by Crippen LogP contribution is 2.38. The minimum absolute atomic E-state index is 0.154. The van der Waals surface area contributed by atoms with Gasteiger partial charge in [0.05, 0.1) is 16.2 Å². The van der Waals surface area contributed by atoms with Gasteiger partial charge in [-0.25, -0.2) is 4.79 Å². The minimum Gasteiger partial charge on any atom is -0.430 e. The molecule has 0 aliphatic carbocycles. The molecule has 8 nitrogen and oxygen atoms in total. The first-order valence-corrected chi connectivity index (χ1v) is 6.98. The number of hydrogen-bond donors (Lipinski definition) is 1. The molecule has 0 saturated carbocycles. The number of primary amides is 1. The van der Waals surface area contributed by atoms with E-state index in [-0.39, 0.29) is 5.88 Å². The zero-order valence-electron chi connectivity index (χ0n) is 13.1. The average Bonchev–Trinajstić information content (AvgIpc) is 2.82. The molecule has 2 rings (SSSR count). The molecule has 25 heavy (non-hydrogen) atoms. The molecular formula is C14H13F3N4O4. The van der Waals surface area contributed by atoms with Gasteiger partial charge >= 0.3 is 17.9 Å². The molecule has 2 aromatic rings. The summed E-state index contributed by atoms with van der Waals surface area (Å²) >= 11 is 0. The molecule has 1 aromatic heterocycles. The van der Waals surface area contributed by atoms with E-state index in [9.17, 15) is 28.1 Å². The van der Waals surface area contributed by atoms with Gasteiger partial charge in [0.15, 0.2) is 0 Å². The Balaban J connectivity index is 2.51. The second-order valence-electron chi connectivity index (χ2n) is 5.02. The number of ether oxygens (including phenoxy) is 1. The highest BCUT2D eigenvalue weighted by Gasteiger charge is 2.33. The molecular weight excluding hydrogens is 345 g/mol. The normalized spacial score (nSPS) is 11.4. The predicted octanol–water partition coefficient (Wildman–Crippen LogP) is 3.40. The van der Waals surface area contributed by atoms with Crippen LogP contribution in [0.25, 0.3) is 0 Å². The number of nitrogens with zero attached hydrogens (tertiary/aromatic N) is 3. The van der Waals surface area contributed by atoms with Gasteiger partial charge in [0.2, 0.25) is 11.6 Å². The second kappa shape index (κ2) is 6.42. The Labute approximate surface area is 139 Å². The lowest BCUT2D eigenvalue weighted by Gasteiger charge is -2.09. The van der Waals surface area contributed by atoms with E-state index in [1.54, 1.807) is 13.8 Å². The highest BCUT2D eigenvalue weighted by atomic mass is 19.4. The molecule has 0 spiro atoms. The lowest BCUT2D eigenvalue weighted by atomic mass is 10.2. The number of nitro groups is 1. The maximum absolute atomic E-state index is 12.7. The van der Waals surface area contributed by atoms with Gasteiger partial charge in [-0.2, -0.15) is 17.9 Å². The molecule has 134 valence electrons. The maximum Gasteiger partial charge on any atom is 0.416 e. The van der Waals surface area contributed by atoms with Crippen molar-refractivity contribution in [3.63, 3.8) is 0 Å². The van der Waals surface area contributed by atoms with E-state index in [2.05, 4.69) is 5.10 Å². The van der Waals surface area contributed by atoms with Crippen LogP contribution in [-0.4, -0.2) is 20.7 Å². The Bertz CT molecular complexity index is 845. The molecule has 0 aliphatic heterocycles. The monoisotopic (exact) mass is 358 g/mol. The molecule has 1 amide bonds. The van der Waals surface area contributed by atoms with Crippen LogP contribution < -0.4 is 10.5 Å². The minimum atomic E-state index is -4.73. The Kier molecular flexibility index (Phi) is 4.68. The van der Waals surface area contributed by atoms with Gasteiger partial charge in [0, 0.05) is 11.6 Å². The van der Waals surface area contributed by atoms with Crippen molar-refractivity contribution in [2.45, 2.75) is 26.4 Å². The van der Waals surface area contributed by atoms with Crippen molar-refractivity contribution >= 4 is 11.7 Å². The van der Waals surface area contributed by atoms with E-state index in [0.717, 1.165) is 10.7 Å². The van der Waals surface area contributed by atoms with Crippen LogP contribution >= 0.6 is 0 Å².